The molecule has 17 heavy (non-hydrogen) atoms. The van der Waals surface area contributed by atoms with Crippen LogP contribution in [-0.2, 0) is 6.54 Å². The monoisotopic (exact) mass is 236 g/mol. The third-order valence-corrected chi connectivity index (χ3v) is 3.21. The topological polar surface area (TPSA) is 74.4 Å². The van der Waals surface area contributed by atoms with E-state index in [1.165, 1.54) is 5.56 Å². The maximum Gasteiger partial charge on any atom is 0.140 e. The van der Waals surface area contributed by atoms with Crippen molar-refractivity contribution in [2.75, 3.05) is 19.0 Å². The Bertz CT molecular complexity index is 365. The third-order valence-electron chi connectivity index (χ3n) is 3.21. The molecule has 0 bridgehead atoms. The fourth-order valence-corrected chi connectivity index (χ4v) is 2.32. The van der Waals surface area contributed by atoms with Crippen molar-refractivity contribution in [3.05, 3.63) is 23.9 Å². The first kappa shape index (κ1) is 12.3. The SMILES string of the molecule is CN(Cc1ccnc(NN)c1)CC1CC(O)C1. The number of rotatable bonds is 5. The van der Waals surface area contributed by atoms with Crippen molar-refractivity contribution in [3.63, 3.8) is 0 Å². The molecule has 0 unspecified atom stereocenters. The highest BCUT2D eigenvalue weighted by atomic mass is 16.3. The van der Waals surface area contributed by atoms with Gasteiger partial charge in [-0.3, -0.25) is 0 Å². The van der Waals surface area contributed by atoms with Crippen LogP contribution in [0.3, 0.4) is 0 Å². The summed E-state index contributed by atoms with van der Waals surface area (Å²) < 4.78 is 0. The first-order valence-electron chi connectivity index (χ1n) is 5.95. The molecule has 0 aromatic carbocycles. The Labute approximate surface area is 102 Å². The molecule has 5 heteroatoms. The second-order valence-corrected chi connectivity index (χ2v) is 4.88. The Hall–Kier alpha value is -1.17. The lowest BCUT2D eigenvalue weighted by molar-refractivity contribution is 0.0274. The molecule has 1 aliphatic carbocycles. The number of aromatic nitrogens is 1. The van der Waals surface area contributed by atoms with Crippen LogP contribution < -0.4 is 11.3 Å². The van der Waals surface area contributed by atoms with Crippen LogP contribution in [-0.4, -0.2) is 34.7 Å². The van der Waals surface area contributed by atoms with Crippen LogP contribution in [0.25, 0.3) is 0 Å². The van der Waals surface area contributed by atoms with Crippen LogP contribution in [0.1, 0.15) is 18.4 Å². The molecule has 0 saturated heterocycles. The largest absolute Gasteiger partial charge is 0.393 e. The van der Waals surface area contributed by atoms with Gasteiger partial charge in [0.1, 0.15) is 5.82 Å². The second kappa shape index (κ2) is 5.44. The molecule has 0 spiro atoms. The van der Waals surface area contributed by atoms with Crippen LogP contribution in [0.5, 0.6) is 0 Å². The van der Waals surface area contributed by atoms with Crippen LogP contribution in [0, 0.1) is 5.92 Å². The number of hydrogen-bond acceptors (Lipinski definition) is 5. The molecule has 0 radical (unpaired) electrons. The number of nitrogens with two attached hydrogens (primary N) is 1. The van der Waals surface area contributed by atoms with Gasteiger partial charge in [0.05, 0.1) is 6.10 Å². The molecule has 1 heterocycles. The maximum absolute atomic E-state index is 9.24. The summed E-state index contributed by atoms with van der Waals surface area (Å²) in [6, 6.07) is 3.94. The summed E-state index contributed by atoms with van der Waals surface area (Å²) in [6.07, 6.45) is 3.57. The molecule has 2 rings (SSSR count). The summed E-state index contributed by atoms with van der Waals surface area (Å²) in [5.41, 5.74) is 3.74. The zero-order valence-corrected chi connectivity index (χ0v) is 10.1. The zero-order valence-electron chi connectivity index (χ0n) is 10.1. The van der Waals surface area contributed by atoms with E-state index in [0.29, 0.717) is 11.7 Å². The zero-order chi connectivity index (χ0) is 12.3. The van der Waals surface area contributed by atoms with E-state index in [-0.39, 0.29) is 6.10 Å². The summed E-state index contributed by atoms with van der Waals surface area (Å²) in [5, 5.41) is 9.24. The first-order valence-corrected chi connectivity index (χ1v) is 5.95. The van der Waals surface area contributed by atoms with Crippen molar-refractivity contribution >= 4 is 5.82 Å². The molecule has 0 atom stereocenters. The normalized spacial score (nSPS) is 23.5. The van der Waals surface area contributed by atoms with Crippen LogP contribution >= 0.6 is 0 Å². The highest BCUT2D eigenvalue weighted by molar-refractivity contribution is 5.35. The molecule has 0 amide bonds. The van der Waals surface area contributed by atoms with Gasteiger partial charge >= 0.3 is 0 Å². The molecule has 1 saturated carbocycles. The van der Waals surface area contributed by atoms with Crippen molar-refractivity contribution < 1.29 is 5.11 Å². The number of pyridine rings is 1. The minimum atomic E-state index is -0.0673. The smallest absolute Gasteiger partial charge is 0.140 e. The lowest BCUT2D eigenvalue weighted by Crippen LogP contribution is -2.36. The van der Waals surface area contributed by atoms with E-state index in [2.05, 4.69) is 22.4 Å². The number of hydrazine groups is 1. The Morgan fingerprint density at radius 2 is 2.35 bits per heavy atom. The van der Waals surface area contributed by atoms with Gasteiger partial charge in [0.15, 0.2) is 0 Å². The Morgan fingerprint density at radius 1 is 1.59 bits per heavy atom. The van der Waals surface area contributed by atoms with E-state index >= 15 is 0 Å². The third kappa shape index (κ3) is 3.39. The lowest BCUT2D eigenvalue weighted by atomic mass is 9.82. The van der Waals surface area contributed by atoms with Crippen molar-refractivity contribution in [2.24, 2.45) is 11.8 Å². The van der Waals surface area contributed by atoms with E-state index in [9.17, 15) is 5.11 Å². The van der Waals surface area contributed by atoms with Gasteiger partial charge in [-0.1, -0.05) is 0 Å². The fourth-order valence-electron chi connectivity index (χ4n) is 2.32. The van der Waals surface area contributed by atoms with Gasteiger partial charge in [-0.25, -0.2) is 10.8 Å². The molecular weight excluding hydrogens is 216 g/mol. The molecule has 94 valence electrons. The lowest BCUT2D eigenvalue weighted by Gasteiger charge is -2.34. The molecule has 5 nitrogen and oxygen atoms in total. The van der Waals surface area contributed by atoms with Gasteiger partial charge in [0.25, 0.3) is 0 Å². The molecule has 4 N–H and O–H groups in total. The van der Waals surface area contributed by atoms with E-state index in [1.807, 2.05) is 12.1 Å². The highest BCUT2D eigenvalue weighted by Gasteiger charge is 2.27. The van der Waals surface area contributed by atoms with Crippen molar-refractivity contribution in [2.45, 2.75) is 25.5 Å². The molecule has 1 aromatic rings. The first-order chi connectivity index (χ1) is 8.17. The van der Waals surface area contributed by atoms with Gasteiger partial charge in [-0.15, -0.1) is 0 Å². The number of nitrogens with zero attached hydrogens (tertiary/aromatic N) is 2. The van der Waals surface area contributed by atoms with Crippen LogP contribution in [0.4, 0.5) is 5.82 Å². The summed E-state index contributed by atoms with van der Waals surface area (Å²) in [7, 11) is 2.10. The second-order valence-electron chi connectivity index (χ2n) is 4.88. The number of nitrogens with one attached hydrogen (secondary N) is 1. The summed E-state index contributed by atoms with van der Waals surface area (Å²) >= 11 is 0. The van der Waals surface area contributed by atoms with Gasteiger partial charge < -0.3 is 15.4 Å². The molecule has 1 aliphatic rings. The maximum atomic E-state index is 9.24. The van der Waals surface area contributed by atoms with E-state index in [1.54, 1.807) is 6.20 Å². The van der Waals surface area contributed by atoms with Gasteiger partial charge in [-0.05, 0) is 43.5 Å². The predicted molar refractivity (Wildman–Crippen MR) is 67.1 cm³/mol. The quantitative estimate of drug-likeness (QED) is 0.515. The standard InChI is InChI=1S/C12H20N4O/c1-16(8-10-4-11(17)5-10)7-9-2-3-14-12(6-9)15-13/h2-3,6,10-11,17H,4-5,7-8,13H2,1H3,(H,14,15). The summed E-state index contributed by atoms with van der Waals surface area (Å²) in [5.74, 6) is 6.65. The summed E-state index contributed by atoms with van der Waals surface area (Å²) in [4.78, 5) is 6.35. The van der Waals surface area contributed by atoms with Crippen molar-refractivity contribution in [1.29, 1.82) is 0 Å². The Balaban J connectivity index is 1.82. The Kier molecular flexibility index (Phi) is 3.93. The average molecular weight is 236 g/mol. The Morgan fingerprint density at radius 3 is 3.00 bits per heavy atom. The molecule has 1 fully saturated rings. The highest BCUT2D eigenvalue weighted by Crippen LogP contribution is 2.27. The number of anilines is 1. The van der Waals surface area contributed by atoms with Gasteiger partial charge in [0.2, 0.25) is 0 Å². The number of aliphatic hydroxyl groups excluding tert-OH is 1. The van der Waals surface area contributed by atoms with Gasteiger partial charge in [-0.2, -0.15) is 0 Å². The van der Waals surface area contributed by atoms with E-state index < -0.39 is 0 Å². The average Bonchev–Trinajstić information content (AvgIpc) is 2.27. The molecule has 1 aromatic heterocycles. The number of hydrogen-bond donors (Lipinski definition) is 3. The van der Waals surface area contributed by atoms with Crippen molar-refractivity contribution in [3.8, 4) is 0 Å². The fraction of sp³-hybridized carbons (Fsp3) is 0.583. The minimum absolute atomic E-state index is 0.0673. The van der Waals surface area contributed by atoms with Crippen LogP contribution in [0.15, 0.2) is 18.3 Å². The predicted octanol–water partition coefficient (Wildman–Crippen LogP) is 0.570. The van der Waals surface area contributed by atoms with E-state index in [4.69, 9.17) is 5.84 Å². The minimum Gasteiger partial charge on any atom is -0.393 e. The van der Waals surface area contributed by atoms with E-state index in [0.717, 1.165) is 25.9 Å². The number of nitrogen functional groups attached to an aromatic ring is 1. The number of aliphatic hydroxyl groups is 1. The van der Waals surface area contributed by atoms with Gasteiger partial charge in [0, 0.05) is 19.3 Å². The van der Waals surface area contributed by atoms with Crippen molar-refractivity contribution in [1.82, 2.24) is 9.88 Å². The van der Waals surface area contributed by atoms with Crippen LogP contribution in [0.2, 0.25) is 0 Å². The molecule has 0 aliphatic heterocycles. The molecular formula is C12H20N4O. The summed E-state index contributed by atoms with van der Waals surface area (Å²) in [6.45, 7) is 1.91.